The fourth-order valence-corrected chi connectivity index (χ4v) is 3.27. The summed E-state index contributed by atoms with van der Waals surface area (Å²) >= 11 is 0. The maximum absolute atomic E-state index is 12.5. The van der Waals surface area contributed by atoms with Gasteiger partial charge in [0.25, 0.3) is 0 Å². The summed E-state index contributed by atoms with van der Waals surface area (Å²) in [5.41, 5.74) is 2.36. The van der Waals surface area contributed by atoms with E-state index in [0.717, 1.165) is 11.4 Å². The number of likely N-dealkylation sites (tertiary alicyclic amines) is 1. The van der Waals surface area contributed by atoms with Crippen molar-refractivity contribution < 1.29 is 19.1 Å². The van der Waals surface area contributed by atoms with Crippen molar-refractivity contribution in [3.05, 3.63) is 54.6 Å². The molecule has 0 aliphatic carbocycles. The number of benzene rings is 2. The summed E-state index contributed by atoms with van der Waals surface area (Å²) in [5, 5.41) is 5.88. The molecule has 3 rings (SSSR count). The maximum Gasteiger partial charge on any atom is 0.313 e. The van der Waals surface area contributed by atoms with Gasteiger partial charge in [0.1, 0.15) is 0 Å². The zero-order valence-corrected chi connectivity index (χ0v) is 16.4. The van der Waals surface area contributed by atoms with Crippen molar-refractivity contribution in [2.45, 2.75) is 19.8 Å². The van der Waals surface area contributed by atoms with E-state index in [1.54, 1.807) is 19.1 Å². The highest BCUT2D eigenvalue weighted by Gasteiger charge is 2.31. The SMILES string of the molecule is CCOC(=O)C1CCCN(C(=O)C(=O)Nc2ccc(Nc3ccccc3)cc2)C1. The van der Waals surface area contributed by atoms with Gasteiger partial charge in [0.15, 0.2) is 0 Å². The highest BCUT2D eigenvalue weighted by molar-refractivity contribution is 6.39. The van der Waals surface area contributed by atoms with Crippen molar-refractivity contribution >= 4 is 34.8 Å². The number of hydrogen-bond acceptors (Lipinski definition) is 5. The molecule has 1 saturated heterocycles. The minimum atomic E-state index is -0.710. The summed E-state index contributed by atoms with van der Waals surface area (Å²) in [4.78, 5) is 38.2. The summed E-state index contributed by atoms with van der Waals surface area (Å²) in [5.74, 6) is -2.03. The van der Waals surface area contributed by atoms with E-state index in [1.807, 2.05) is 42.5 Å². The summed E-state index contributed by atoms with van der Waals surface area (Å²) in [7, 11) is 0. The van der Waals surface area contributed by atoms with Crippen LogP contribution < -0.4 is 10.6 Å². The number of carbonyl (C=O) groups excluding carboxylic acids is 3. The van der Waals surface area contributed by atoms with Crippen molar-refractivity contribution in [2.75, 3.05) is 30.3 Å². The highest BCUT2D eigenvalue weighted by Crippen LogP contribution is 2.20. The van der Waals surface area contributed by atoms with E-state index in [-0.39, 0.29) is 18.4 Å². The Hall–Kier alpha value is -3.35. The molecule has 1 atom stereocenters. The number of nitrogens with one attached hydrogen (secondary N) is 2. The number of ether oxygens (including phenoxy) is 1. The molecule has 1 heterocycles. The number of para-hydroxylation sites is 1. The van der Waals surface area contributed by atoms with Gasteiger partial charge in [0, 0.05) is 30.2 Å². The molecule has 0 aromatic heterocycles. The van der Waals surface area contributed by atoms with E-state index in [0.29, 0.717) is 31.7 Å². The monoisotopic (exact) mass is 395 g/mol. The molecule has 2 aromatic rings. The summed E-state index contributed by atoms with van der Waals surface area (Å²) < 4.78 is 5.04. The summed E-state index contributed by atoms with van der Waals surface area (Å²) in [6.07, 6.45) is 1.34. The van der Waals surface area contributed by atoms with Crippen LogP contribution in [0, 0.1) is 5.92 Å². The van der Waals surface area contributed by atoms with Crippen molar-refractivity contribution in [2.24, 2.45) is 5.92 Å². The molecule has 0 bridgehead atoms. The fourth-order valence-electron chi connectivity index (χ4n) is 3.27. The lowest BCUT2D eigenvalue weighted by Crippen LogP contribution is -2.47. The molecule has 29 heavy (non-hydrogen) atoms. The third kappa shape index (κ3) is 5.57. The van der Waals surface area contributed by atoms with E-state index < -0.39 is 11.8 Å². The molecular weight excluding hydrogens is 370 g/mol. The van der Waals surface area contributed by atoms with Gasteiger partial charge < -0.3 is 20.3 Å². The zero-order chi connectivity index (χ0) is 20.6. The van der Waals surface area contributed by atoms with Gasteiger partial charge >= 0.3 is 17.8 Å². The Kier molecular flexibility index (Phi) is 6.84. The van der Waals surface area contributed by atoms with Crippen LogP contribution in [-0.2, 0) is 19.1 Å². The molecule has 0 radical (unpaired) electrons. The third-order valence-corrected chi connectivity index (χ3v) is 4.73. The van der Waals surface area contributed by atoms with Gasteiger partial charge in [-0.2, -0.15) is 0 Å². The molecule has 1 fully saturated rings. The van der Waals surface area contributed by atoms with Crippen LogP contribution in [0.25, 0.3) is 0 Å². The van der Waals surface area contributed by atoms with Gasteiger partial charge in [-0.3, -0.25) is 14.4 Å². The number of piperidine rings is 1. The first kappa shape index (κ1) is 20.4. The number of nitrogens with zero attached hydrogens (tertiary/aromatic N) is 1. The Morgan fingerprint density at radius 1 is 1.00 bits per heavy atom. The molecule has 2 aromatic carbocycles. The van der Waals surface area contributed by atoms with Crippen molar-refractivity contribution in [3.8, 4) is 0 Å². The highest BCUT2D eigenvalue weighted by atomic mass is 16.5. The zero-order valence-electron chi connectivity index (χ0n) is 16.4. The average molecular weight is 395 g/mol. The van der Waals surface area contributed by atoms with Crippen LogP contribution in [0.4, 0.5) is 17.1 Å². The van der Waals surface area contributed by atoms with Gasteiger partial charge in [-0.05, 0) is 56.2 Å². The van der Waals surface area contributed by atoms with Crippen LogP contribution in [0.3, 0.4) is 0 Å². The molecule has 0 saturated carbocycles. The topological polar surface area (TPSA) is 87.7 Å². The predicted molar refractivity (Wildman–Crippen MR) is 111 cm³/mol. The smallest absolute Gasteiger partial charge is 0.313 e. The van der Waals surface area contributed by atoms with E-state index in [1.165, 1.54) is 4.90 Å². The van der Waals surface area contributed by atoms with Crippen LogP contribution in [0.15, 0.2) is 54.6 Å². The third-order valence-electron chi connectivity index (χ3n) is 4.73. The quantitative estimate of drug-likeness (QED) is 0.600. The number of amides is 2. The molecule has 0 spiro atoms. The molecule has 1 unspecified atom stereocenters. The molecular formula is C22H25N3O4. The average Bonchev–Trinajstić information content (AvgIpc) is 2.75. The molecule has 2 amide bonds. The van der Waals surface area contributed by atoms with Crippen molar-refractivity contribution in [1.29, 1.82) is 0 Å². The first-order valence-electron chi connectivity index (χ1n) is 9.76. The molecule has 1 aliphatic rings. The number of rotatable bonds is 5. The van der Waals surface area contributed by atoms with E-state index in [2.05, 4.69) is 10.6 Å². The summed E-state index contributed by atoms with van der Waals surface area (Å²) in [6.45, 7) is 2.73. The summed E-state index contributed by atoms with van der Waals surface area (Å²) in [6, 6.07) is 16.8. The number of anilines is 3. The van der Waals surface area contributed by atoms with Gasteiger partial charge in [-0.25, -0.2) is 0 Å². The number of hydrogen-bond donors (Lipinski definition) is 2. The second-order valence-corrected chi connectivity index (χ2v) is 6.86. The molecule has 2 N–H and O–H groups in total. The Bertz CT molecular complexity index is 852. The normalized spacial score (nSPS) is 16.0. The number of esters is 1. The van der Waals surface area contributed by atoms with E-state index in [4.69, 9.17) is 4.74 Å². The van der Waals surface area contributed by atoms with E-state index in [9.17, 15) is 14.4 Å². The second kappa shape index (κ2) is 9.73. The minimum absolute atomic E-state index is 0.213. The van der Waals surface area contributed by atoms with Crippen LogP contribution >= 0.6 is 0 Å². The lowest BCUT2D eigenvalue weighted by molar-refractivity contribution is -0.153. The second-order valence-electron chi connectivity index (χ2n) is 6.86. The van der Waals surface area contributed by atoms with Crippen LogP contribution in [0.2, 0.25) is 0 Å². The van der Waals surface area contributed by atoms with Crippen LogP contribution in [-0.4, -0.2) is 42.4 Å². The van der Waals surface area contributed by atoms with Crippen molar-refractivity contribution in [3.63, 3.8) is 0 Å². The minimum Gasteiger partial charge on any atom is -0.466 e. The van der Waals surface area contributed by atoms with Crippen LogP contribution in [0.1, 0.15) is 19.8 Å². The Labute approximate surface area is 170 Å². The standard InChI is InChI=1S/C22H25N3O4/c1-2-29-22(28)16-7-6-14-25(15-16)21(27)20(26)24-19-12-10-18(11-13-19)23-17-8-4-3-5-9-17/h3-5,8-13,16,23H,2,6-7,14-15H2,1H3,(H,24,26). The van der Waals surface area contributed by atoms with Gasteiger partial charge in [0.2, 0.25) is 0 Å². The maximum atomic E-state index is 12.5. The Morgan fingerprint density at radius 2 is 1.66 bits per heavy atom. The largest absolute Gasteiger partial charge is 0.466 e. The number of carbonyl (C=O) groups is 3. The molecule has 1 aliphatic heterocycles. The molecule has 7 heteroatoms. The molecule has 7 nitrogen and oxygen atoms in total. The Balaban J connectivity index is 1.55. The van der Waals surface area contributed by atoms with Gasteiger partial charge in [-0.15, -0.1) is 0 Å². The van der Waals surface area contributed by atoms with Gasteiger partial charge in [-0.1, -0.05) is 18.2 Å². The first-order valence-corrected chi connectivity index (χ1v) is 9.76. The Morgan fingerprint density at radius 3 is 2.34 bits per heavy atom. The molecule has 152 valence electrons. The predicted octanol–water partition coefficient (Wildman–Crippen LogP) is 3.17. The van der Waals surface area contributed by atoms with Crippen molar-refractivity contribution in [1.82, 2.24) is 4.90 Å². The lowest BCUT2D eigenvalue weighted by atomic mass is 9.98. The van der Waals surface area contributed by atoms with Gasteiger partial charge in [0.05, 0.1) is 12.5 Å². The van der Waals surface area contributed by atoms with Crippen LogP contribution in [0.5, 0.6) is 0 Å². The first-order chi connectivity index (χ1) is 14.1. The fraction of sp³-hybridized carbons (Fsp3) is 0.318. The van der Waals surface area contributed by atoms with E-state index >= 15 is 0 Å². The lowest BCUT2D eigenvalue weighted by Gasteiger charge is -2.30.